The number of carbonyl (C=O) groups is 2. The molecule has 0 bridgehead atoms. The van der Waals surface area contributed by atoms with E-state index in [1.807, 2.05) is 30.3 Å². The first-order valence-electron chi connectivity index (χ1n) is 7.63. The Morgan fingerprint density at radius 3 is 2.42 bits per heavy atom. The molecule has 2 aromatic carbocycles. The molecule has 0 saturated heterocycles. The third-order valence-corrected chi connectivity index (χ3v) is 4.82. The second-order valence-corrected chi connectivity index (χ2v) is 6.61. The highest BCUT2D eigenvalue weighted by Gasteiger charge is 2.22. The molecule has 0 aliphatic rings. The summed E-state index contributed by atoms with van der Waals surface area (Å²) in [5.74, 6) is -1.15. The highest BCUT2D eigenvalue weighted by atomic mass is 35.5. The SMILES string of the molecule is O=C(Nc1scc(-c2ccccc2Cl)c1C(=O)O)OCc1ccccc1. The second kappa shape index (κ2) is 8.03. The monoisotopic (exact) mass is 387 g/mol. The number of hydrogen-bond donors (Lipinski definition) is 2. The Kier molecular flexibility index (Phi) is 5.55. The van der Waals surface area contributed by atoms with E-state index in [1.54, 1.807) is 29.6 Å². The first-order valence-corrected chi connectivity index (χ1v) is 8.89. The van der Waals surface area contributed by atoms with Gasteiger partial charge in [-0.1, -0.05) is 60.1 Å². The van der Waals surface area contributed by atoms with Crippen LogP contribution < -0.4 is 5.32 Å². The van der Waals surface area contributed by atoms with E-state index in [0.717, 1.165) is 16.9 Å². The Labute approximate surface area is 158 Å². The minimum atomic E-state index is -1.15. The number of ether oxygens (including phenoxy) is 1. The zero-order valence-electron chi connectivity index (χ0n) is 13.4. The van der Waals surface area contributed by atoms with Gasteiger partial charge in [0.25, 0.3) is 0 Å². The van der Waals surface area contributed by atoms with E-state index in [0.29, 0.717) is 16.1 Å². The Bertz CT molecular complexity index is 940. The summed E-state index contributed by atoms with van der Waals surface area (Å²) in [6.45, 7) is 0.0951. The van der Waals surface area contributed by atoms with Crippen LogP contribution in [0.2, 0.25) is 5.02 Å². The van der Waals surface area contributed by atoms with Gasteiger partial charge >= 0.3 is 12.1 Å². The molecule has 1 aromatic heterocycles. The van der Waals surface area contributed by atoms with Gasteiger partial charge in [0.15, 0.2) is 0 Å². The van der Waals surface area contributed by atoms with E-state index in [2.05, 4.69) is 5.32 Å². The molecule has 5 nitrogen and oxygen atoms in total. The number of halogens is 1. The Morgan fingerprint density at radius 2 is 1.73 bits per heavy atom. The van der Waals surface area contributed by atoms with Gasteiger partial charge in [-0.2, -0.15) is 0 Å². The van der Waals surface area contributed by atoms with E-state index in [4.69, 9.17) is 16.3 Å². The zero-order chi connectivity index (χ0) is 18.5. The fourth-order valence-electron chi connectivity index (χ4n) is 2.39. The van der Waals surface area contributed by atoms with Gasteiger partial charge < -0.3 is 9.84 Å². The molecule has 2 N–H and O–H groups in total. The molecule has 0 aliphatic heterocycles. The first kappa shape index (κ1) is 18.0. The van der Waals surface area contributed by atoms with Gasteiger partial charge in [-0.3, -0.25) is 5.32 Å². The van der Waals surface area contributed by atoms with Crippen molar-refractivity contribution in [1.82, 2.24) is 0 Å². The van der Waals surface area contributed by atoms with Crippen LogP contribution in [0.15, 0.2) is 60.0 Å². The largest absolute Gasteiger partial charge is 0.478 e. The molecular weight excluding hydrogens is 374 g/mol. The number of nitrogens with one attached hydrogen (secondary N) is 1. The maximum Gasteiger partial charge on any atom is 0.412 e. The maximum atomic E-state index is 12.0. The van der Waals surface area contributed by atoms with E-state index in [9.17, 15) is 14.7 Å². The third kappa shape index (κ3) is 4.04. The fourth-order valence-corrected chi connectivity index (χ4v) is 3.57. The molecule has 3 rings (SSSR count). The smallest absolute Gasteiger partial charge is 0.412 e. The molecule has 26 heavy (non-hydrogen) atoms. The van der Waals surface area contributed by atoms with Gasteiger partial charge in [0.05, 0.1) is 0 Å². The van der Waals surface area contributed by atoms with Crippen LogP contribution in [0.25, 0.3) is 11.1 Å². The molecule has 132 valence electrons. The summed E-state index contributed by atoms with van der Waals surface area (Å²) in [5.41, 5.74) is 1.86. The predicted octanol–water partition coefficient (Wildman–Crippen LogP) is 5.52. The lowest BCUT2D eigenvalue weighted by molar-refractivity contribution is 0.0699. The van der Waals surface area contributed by atoms with Gasteiger partial charge in [0, 0.05) is 21.5 Å². The molecule has 0 atom stereocenters. The average Bonchev–Trinajstić information content (AvgIpc) is 3.05. The van der Waals surface area contributed by atoms with Crippen LogP contribution in [-0.4, -0.2) is 17.2 Å². The quantitative estimate of drug-likeness (QED) is 0.604. The molecule has 0 spiro atoms. The highest BCUT2D eigenvalue weighted by molar-refractivity contribution is 7.15. The van der Waals surface area contributed by atoms with Gasteiger partial charge in [-0.15, -0.1) is 11.3 Å². The number of hydrogen-bond acceptors (Lipinski definition) is 4. The number of anilines is 1. The number of aromatic carboxylic acids is 1. The number of carboxylic acids is 1. The summed E-state index contributed by atoms with van der Waals surface area (Å²) in [6.07, 6.45) is -0.719. The van der Waals surface area contributed by atoms with Gasteiger partial charge in [0.2, 0.25) is 0 Å². The number of carbonyl (C=O) groups excluding carboxylic acids is 1. The van der Waals surface area contributed by atoms with Crippen LogP contribution >= 0.6 is 22.9 Å². The van der Waals surface area contributed by atoms with Crippen LogP contribution in [0.1, 0.15) is 15.9 Å². The van der Waals surface area contributed by atoms with E-state index < -0.39 is 12.1 Å². The number of thiophene rings is 1. The van der Waals surface area contributed by atoms with Crippen molar-refractivity contribution in [3.05, 3.63) is 76.1 Å². The molecule has 1 amide bonds. The van der Waals surface area contributed by atoms with Crippen molar-refractivity contribution in [2.75, 3.05) is 5.32 Å². The van der Waals surface area contributed by atoms with Crippen molar-refractivity contribution < 1.29 is 19.4 Å². The molecule has 0 fully saturated rings. The van der Waals surface area contributed by atoms with Gasteiger partial charge in [-0.25, -0.2) is 9.59 Å². The Hall–Kier alpha value is -2.83. The summed E-state index contributed by atoms with van der Waals surface area (Å²) in [7, 11) is 0. The van der Waals surface area contributed by atoms with E-state index in [1.165, 1.54) is 0 Å². The van der Waals surface area contributed by atoms with Crippen LogP contribution in [0.5, 0.6) is 0 Å². The standard InChI is InChI=1S/C19H14ClNO4S/c20-15-9-5-4-8-13(15)14-11-26-17(16(14)18(22)23)21-19(24)25-10-12-6-2-1-3-7-12/h1-9,11H,10H2,(H,21,24)(H,22,23). The molecule has 1 heterocycles. The number of carboxylic acid groups (broad SMARTS) is 1. The van der Waals surface area contributed by atoms with Crippen molar-refractivity contribution in [3.8, 4) is 11.1 Å². The lowest BCUT2D eigenvalue weighted by Crippen LogP contribution is -2.14. The number of amides is 1. The van der Waals surface area contributed by atoms with Crippen molar-refractivity contribution >= 4 is 40.0 Å². The Morgan fingerprint density at radius 1 is 1.04 bits per heavy atom. The lowest BCUT2D eigenvalue weighted by Gasteiger charge is -2.08. The minimum Gasteiger partial charge on any atom is -0.478 e. The van der Waals surface area contributed by atoms with Gasteiger partial charge in [-0.05, 0) is 11.6 Å². The third-order valence-electron chi connectivity index (χ3n) is 3.60. The molecule has 0 aliphatic carbocycles. The Balaban J connectivity index is 1.79. The maximum absolute atomic E-state index is 12.0. The zero-order valence-corrected chi connectivity index (χ0v) is 15.0. The normalized spacial score (nSPS) is 10.3. The highest BCUT2D eigenvalue weighted by Crippen LogP contribution is 2.38. The van der Waals surface area contributed by atoms with Crippen LogP contribution in [0, 0.1) is 0 Å². The van der Waals surface area contributed by atoms with Crippen molar-refractivity contribution in [2.45, 2.75) is 6.61 Å². The average molecular weight is 388 g/mol. The lowest BCUT2D eigenvalue weighted by atomic mass is 10.0. The van der Waals surface area contributed by atoms with Crippen LogP contribution in [0.4, 0.5) is 9.80 Å². The summed E-state index contributed by atoms with van der Waals surface area (Å²) in [5, 5.41) is 14.4. The summed E-state index contributed by atoms with van der Waals surface area (Å²) in [4.78, 5) is 23.7. The molecular formula is C19H14ClNO4S. The molecule has 0 unspecified atom stereocenters. The molecule has 7 heteroatoms. The van der Waals surface area contributed by atoms with Crippen LogP contribution in [-0.2, 0) is 11.3 Å². The molecule has 0 saturated carbocycles. The van der Waals surface area contributed by atoms with Crippen LogP contribution in [0.3, 0.4) is 0 Å². The number of benzene rings is 2. The van der Waals surface area contributed by atoms with E-state index >= 15 is 0 Å². The molecule has 3 aromatic rings. The fraction of sp³-hybridized carbons (Fsp3) is 0.0526. The van der Waals surface area contributed by atoms with E-state index in [-0.39, 0.29) is 17.2 Å². The second-order valence-electron chi connectivity index (χ2n) is 5.33. The van der Waals surface area contributed by atoms with Crippen molar-refractivity contribution in [3.63, 3.8) is 0 Å². The summed E-state index contributed by atoms with van der Waals surface area (Å²) >= 11 is 7.27. The first-order chi connectivity index (χ1) is 12.6. The topological polar surface area (TPSA) is 75.6 Å². The van der Waals surface area contributed by atoms with Crippen molar-refractivity contribution in [1.29, 1.82) is 0 Å². The number of rotatable bonds is 5. The minimum absolute atomic E-state index is 0.0141. The summed E-state index contributed by atoms with van der Waals surface area (Å²) in [6, 6.07) is 16.2. The van der Waals surface area contributed by atoms with Gasteiger partial charge in [0.1, 0.15) is 17.2 Å². The predicted molar refractivity (Wildman–Crippen MR) is 102 cm³/mol. The van der Waals surface area contributed by atoms with Crippen molar-refractivity contribution in [2.24, 2.45) is 0 Å². The molecule has 0 radical (unpaired) electrons. The summed E-state index contributed by atoms with van der Waals surface area (Å²) < 4.78 is 5.14.